The van der Waals surface area contributed by atoms with Gasteiger partial charge in [-0.2, -0.15) is 5.10 Å². The molecule has 18 heavy (non-hydrogen) atoms. The predicted molar refractivity (Wildman–Crippen MR) is 73.2 cm³/mol. The average molecular weight is 265 g/mol. The number of para-hydroxylation sites is 1. The first-order chi connectivity index (χ1) is 8.63. The number of aryl methyl sites for hydroxylation is 2. The molecule has 0 fully saturated rings. The SMILES string of the molecule is CCNCc1cccc(Cl)c1-n1nc(C)nc1C. The zero-order valence-corrected chi connectivity index (χ0v) is 11.6. The normalized spacial score (nSPS) is 10.9. The van der Waals surface area contributed by atoms with E-state index in [1.54, 1.807) is 0 Å². The second kappa shape index (κ2) is 5.50. The van der Waals surface area contributed by atoms with Crippen molar-refractivity contribution in [2.24, 2.45) is 0 Å². The van der Waals surface area contributed by atoms with E-state index in [0.717, 1.165) is 36.0 Å². The van der Waals surface area contributed by atoms with Crippen molar-refractivity contribution in [1.82, 2.24) is 20.1 Å². The second-order valence-electron chi connectivity index (χ2n) is 4.15. The number of halogens is 1. The molecule has 0 amide bonds. The summed E-state index contributed by atoms with van der Waals surface area (Å²) in [7, 11) is 0. The van der Waals surface area contributed by atoms with Crippen LogP contribution < -0.4 is 5.32 Å². The van der Waals surface area contributed by atoms with Crippen molar-refractivity contribution in [3.63, 3.8) is 0 Å². The standard InChI is InChI=1S/C13H17ClN4/c1-4-15-8-11-6-5-7-12(14)13(11)18-10(3)16-9(2)17-18/h5-7,15H,4,8H2,1-3H3. The number of nitrogens with zero attached hydrogens (tertiary/aromatic N) is 3. The van der Waals surface area contributed by atoms with Crippen molar-refractivity contribution in [1.29, 1.82) is 0 Å². The molecule has 1 heterocycles. The quantitative estimate of drug-likeness (QED) is 0.923. The molecule has 1 aromatic heterocycles. The Labute approximate surface area is 112 Å². The van der Waals surface area contributed by atoms with Crippen LogP contribution in [-0.2, 0) is 6.54 Å². The Bertz CT molecular complexity index is 548. The molecule has 1 N–H and O–H groups in total. The van der Waals surface area contributed by atoms with Gasteiger partial charge in [0, 0.05) is 6.54 Å². The van der Waals surface area contributed by atoms with E-state index in [2.05, 4.69) is 28.4 Å². The van der Waals surface area contributed by atoms with Crippen LogP contribution in [0, 0.1) is 13.8 Å². The van der Waals surface area contributed by atoms with Gasteiger partial charge in [-0.3, -0.25) is 0 Å². The van der Waals surface area contributed by atoms with E-state index in [-0.39, 0.29) is 0 Å². The molecule has 0 spiro atoms. The highest BCUT2D eigenvalue weighted by Crippen LogP contribution is 2.25. The smallest absolute Gasteiger partial charge is 0.148 e. The molecule has 2 rings (SSSR count). The van der Waals surface area contributed by atoms with E-state index in [0.29, 0.717) is 5.02 Å². The van der Waals surface area contributed by atoms with Gasteiger partial charge < -0.3 is 5.32 Å². The van der Waals surface area contributed by atoms with Gasteiger partial charge in [0.25, 0.3) is 0 Å². The molecule has 5 heteroatoms. The summed E-state index contributed by atoms with van der Waals surface area (Å²) in [5.74, 6) is 1.60. The minimum atomic E-state index is 0.693. The number of hydrogen-bond donors (Lipinski definition) is 1. The van der Waals surface area contributed by atoms with Crippen LogP contribution in [-0.4, -0.2) is 21.3 Å². The lowest BCUT2D eigenvalue weighted by Gasteiger charge is -2.12. The summed E-state index contributed by atoms with van der Waals surface area (Å²) in [4.78, 5) is 4.32. The lowest BCUT2D eigenvalue weighted by molar-refractivity contribution is 0.713. The highest BCUT2D eigenvalue weighted by Gasteiger charge is 2.13. The molecule has 0 bridgehead atoms. The van der Waals surface area contributed by atoms with Gasteiger partial charge in [-0.1, -0.05) is 30.7 Å². The largest absolute Gasteiger partial charge is 0.313 e. The molecule has 96 valence electrons. The fourth-order valence-corrected chi connectivity index (χ4v) is 2.21. The molecule has 1 aromatic carbocycles. The number of rotatable bonds is 4. The molecule has 0 atom stereocenters. The Morgan fingerprint density at radius 1 is 1.33 bits per heavy atom. The van der Waals surface area contributed by atoms with Gasteiger partial charge in [0.1, 0.15) is 11.6 Å². The minimum Gasteiger partial charge on any atom is -0.313 e. The third-order valence-electron chi connectivity index (χ3n) is 2.72. The van der Waals surface area contributed by atoms with Crippen molar-refractivity contribution in [2.45, 2.75) is 27.3 Å². The van der Waals surface area contributed by atoms with Crippen molar-refractivity contribution < 1.29 is 0 Å². The third kappa shape index (κ3) is 2.54. The maximum absolute atomic E-state index is 6.31. The molecule has 4 nitrogen and oxygen atoms in total. The van der Waals surface area contributed by atoms with Gasteiger partial charge in [0.05, 0.1) is 10.7 Å². The topological polar surface area (TPSA) is 42.7 Å². The van der Waals surface area contributed by atoms with E-state index in [1.165, 1.54) is 0 Å². The summed E-state index contributed by atoms with van der Waals surface area (Å²) >= 11 is 6.31. The van der Waals surface area contributed by atoms with Crippen molar-refractivity contribution in [3.05, 3.63) is 40.4 Å². The summed E-state index contributed by atoms with van der Waals surface area (Å²) < 4.78 is 1.81. The van der Waals surface area contributed by atoms with Gasteiger partial charge in [-0.05, 0) is 32.0 Å². The van der Waals surface area contributed by atoms with Crippen molar-refractivity contribution in [3.8, 4) is 5.69 Å². The van der Waals surface area contributed by atoms with Crippen LogP contribution in [0.15, 0.2) is 18.2 Å². The average Bonchev–Trinajstić information content (AvgIpc) is 2.65. The predicted octanol–water partition coefficient (Wildman–Crippen LogP) is 2.65. The first kappa shape index (κ1) is 13.1. The fraction of sp³-hybridized carbons (Fsp3) is 0.385. The van der Waals surface area contributed by atoms with Crippen molar-refractivity contribution in [2.75, 3.05) is 6.54 Å². The highest BCUT2D eigenvalue weighted by molar-refractivity contribution is 6.32. The number of benzene rings is 1. The van der Waals surface area contributed by atoms with Crippen LogP contribution in [0.5, 0.6) is 0 Å². The first-order valence-corrected chi connectivity index (χ1v) is 6.40. The molecular weight excluding hydrogens is 248 g/mol. The van der Waals surface area contributed by atoms with Crippen LogP contribution in [0.1, 0.15) is 24.1 Å². The zero-order valence-electron chi connectivity index (χ0n) is 10.9. The lowest BCUT2D eigenvalue weighted by Crippen LogP contribution is -2.15. The van der Waals surface area contributed by atoms with Crippen LogP contribution in [0.25, 0.3) is 5.69 Å². The molecule has 0 aliphatic rings. The first-order valence-electron chi connectivity index (χ1n) is 6.02. The molecule has 0 aliphatic carbocycles. The van der Waals surface area contributed by atoms with E-state index >= 15 is 0 Å². The Kier molecular flexibility index (Phi) is 3.99. The Balaban J connectivity index is 2.51. The molecule has 2 aromatic rings. The Morgan fingerprint density at radius 3 is 2.72 bits per heavy atom. The van der Waals surface area contributed by atoms with Crippen LogP contribution >= 0.6 is 11.6 Å². The third-order valence-corrected chi connectivity index (χ3v) is 3.03. The molecule has 0 radical (unpaired) electrons. The van der Waals surface area contributed by atoms with Crippen molar-refractivity contribution >= 4 is 11.6 Å². The highest BCUT2D eigenvalue weighted by atomic mass is 35.5. The second-order valence-corrected chi connectivity index (χ2v) is 4.55. The van der Waals surface area contributed by atoms with Crippen LogP contribution in [0.2, 0.25) is 5.02 Å². The molecule has 0 saturated carbocycles. The zero-order chi connectivity index (χ0) is 13.1. The number of aromatic nitrogens is 3. The van der Waals surface area contributed by atoms with Gasteiger partial charge in [-0.25, -0.2) is 9.67 Å². The lowest BCUT2D eigenvalue weighted by atomic mass is 10.1. The van der Waals surface area contributed by atoms with Gasteiger partial charge in [0.2, 0.25) is 0 Å². The summed E-state index contributed by atoms with van der Waals surface area (Å²) in [6.07, 6.45) is 0. The number of hydrogen-bond acceptors (Lipinski definition) is 3. The van der Waals surface area contributed by atoms with E-state index < -0.39 is 0 Å². The summed E-state index contributed by atoms with van der Waals surface area (Å²) in [6, 6.07) is 5.89. The van der Waals surface area contributed by atoms with Gasteiger partial charge >= 0.3 is 0 Å². The molecular formula is C13H17ClN4. The molecule has 0 aliphatic heterocycles. The maximum Gasteiger partial charge on any atom is 0.148 e. The summed E-state index contributed by atoms with van der Waals surface area (Å²) in [5, 5.41) is 8.40. The van der Waals surface area contributed by atoms with E-state index in [9.17, 15) is 0 Å². The van der Waals surface area contributed by atoms with Crippen LogP contribution in [0.3, 0.4) is 0 Å². The molecule has 0 saturated heterocycles. The van der Waals surface area contributed by atoms with Crippen LogP contribution in [0.4, 0.5) is 0 Å². The van der Waals surface area contributed by atoms with Gasteiger partial charge in [0.15, 0.2) is 0 Å². The minimum absolute atomic E-state index is 0.693. The van der Waals surface area contributed by atoms with E-state index in [1.807, 2.05) is 30.7 Å². The fourth-order valence-electron chi connectivity index (χ4n) is 1.93. The van der Waals surface area contributed by atoms with E-state index in [4.69, 9.17) is 11.6 Å². The summed E-state index contributed by atoms with van der Waals surface area (Å²) in [6.45, 7) is 7.58. The summed E-state index contributed by atoms with van der Waals surface area (Å²) in [5.41, 5.74) is 2.04. The monoisotopic (exact) mass is 264 g/mol. The Morgan fingerprint density at radius 2 is 2.11 bits per heavy atom. The van der Waals surface area contributed by atoms with Gasteiger partial charge in [-0.15, -0.1) is 0 Å². The number of nitrogens with one attached hydrogen (secondary N) is 1. The Hall–Kier alpha value is -1.39. The molecule has 0 unspecified atom stereocenters. The maximum atomic E-state index is 6.31.